The number of aromatic nitrogens is 1. The number of rotatable bonds is 8. The molecule has 1 heterocycles. The molecule has 0 spiro atoms. The first-order chi connectivity index (χ1) is 10.2. The summed E-state index contributed by atoms with van der Waals surface area (Å²) in [6, 6.07) is 12.3. The minimum Gasteiger partial charge on any atom is -0.494 e. The van der Waals surface area contributed by atoms with Crippen LogP contribution in [0, 0.1) is 13.8 Å². The van der Waals surface area contributed by atoms with Crippen LogP contribution < -0.4 is 10.1 Å². The largest absolute Gasteiger partial charge is 0.494 e. The van der Waals surface area contributed by atoms with E-state index in [0.717, 1.165) is 38.4 Å². The summed E-state index contributed by atoms with van der Waals surface area (Å²) in [7, 11) is 0. The van der Waals surface area contributed by atoms with E-state index in [4.69, 9.17) is 4.74 Å². The Labute approximate surface area is 127 Å². The highest BCUT2D eigenvalue weighted by molar-refractivity contribution is 5.26. The summed E-state index contributed by atoms with van der Waals surface area (Å²) in [6.07, 6.45) is 1.02. The lowest BCUT2D eigenvalue weighted by molar-refractivity contribution is 0.308. The second-order valence-electron chi connectivity index (χ2n) is 5.33. The van der Waals surface area contributed by atoms with E-state index in [1.54, 1.807) is 0 Å². The van der Waals surface area contributed by atoms with E-state index in [0.29, 0.717) is 0 Å². The molecule has 0 atom stereocenters. The number of aryl methyl sites for hydroxylation is 1. The van der Waals surface area contributed by atoms with Crippen LogP contribution in [0.5, 0.6) is 5.75 Å². The van der Waals surface area contributed by atoms with Gasteiger partial charge in [0.1, 0.15) is 5.75 Å². The molecule has 0 aliphatic heterocycles. The maximum atomic E-state index is 5.68. The Bertz CT molecular complexity index is 546. The van der Waals surface area contributed by atoms with Crippen LogP contribution in [0.25, 0.3) is 0 Å². The second-order valence-corrected chi connectivity index (χ2v) is 5.33. The van der Waals surface area contributed by atoms with E-state index >= 15 is 0 Å². The van der Waals surface area contributed by atoms with Gasteiger partial charge in [0.25, 0.3) is 0 Å². The normalized spacial score (nSPS) is 10.8. The molecule has 2 rings (SSSR count). The van der Waals surface area contributed by atoms with Gasteiger partial charge in [0, 0.05) is 24.5 Å². The van der Waals surface area contributed by atoms with Gasteiger partial charge >= 0.3 is 0 Å². The molecule has 0 aliphatic rings. The Kier molecular flexibility index (Phi) is 5.88. The molecule has 3 nitrogen and oxygen atoms in total. The molecule has 0 saturated heterocycles. The number of ether oxygens (including phenoxy) is 1. The highest BCUT2D eigenvalue weighted by Crippen LogP contribution is 2.14. The topological polar surface area (TPSA) is 26.2 Å². The lowest BCUT2D eigenvalue weighted by Crippen LogP contribution is -2.17. The molecule has 114 valence electrons. The number of hydrogen-bond acceptors (Lipinski definition) is 2. The maximum absolute atomic E-state index is 5.68. The van der Waals surface area contributed by atoms with Crippen LogP contribution in [-0.4, -0.2) is 17.7 Å². The fourth-order valence-electron chi connectivity index (χ4n) is 2.66. The van der Waals surface area contributed by atoms with E-state index in [1.165, 1.54) is 17.0 Å². The summed E-state index contributed by atoms with van der Waals surface area (Å²) in [5.74, 6) is 0.948. The second kappa shape index (κ2) is 7.89. The quantitative estimate of drug-likeness (QED) is 0.749. The number of para-hydroxylation sites is 1. The van der Waals surface area contributed by atoms with Gasteiger partial charge in [-0.15, -0.1) is 0 Å². The van der Waals surface area contributed by atoms with Gasteiger partial charge in [-0.3, -0.25) is 0 Å². The van der Waals surface area contributed by atoms with Gasteiger partial charge < -0.3 is 14.6 Å². The Hall–Kier alpha value is -1.74. The van der Waals surface area contributed by atoms with Gasteiger partial charge in [0.15, 0.2) is 0 Å². The summed E-state index contributed by atoms with van der Waals surface area (Å²) in [6.45, 7) is 10.3. The first-order valence-electron chi connectivity index (χ1n) is 7.76. The first-order valence-corrected chi connectivity index (χ1v) is 7.76. The smallest absolute Gasteiger partial charge is 0.119 e. The molecule has 3 heteroatoms. The molecule has 21 heavy (non-hydrogen) atoms. The van der Waals surface area contributed by atoms with Crippen molar-refractivity contribution in [3.05, 3.63) is 53.3 Å². The van der Waals surface area contributed by atoms with Crippen LogP contribution in [0.1, 0.15) is 30.3 Å². The van der Waals surface area contributed by atoms with Gasteiger partial charge in [-0.25, -0.2) is 0 Å². The molecule has 2 aromatic rings. The number of nitrogens with one attached hydrogen (secondary N) is 1. The Morgan fingerprint density at radius 3 is 2.57 bits per heavy atom. The van der Waals surface area contributed by atoms with Crippen molar-refractivity contribution in [2.45, 2.75) is 40.3 Å². The zero-order chi connectivity index (χ0) is 15.1. The number of nitrogens with zero attached hydrogens (tertiary/aromatic N) is 1. The highest BCUT2D eigenvalue weighted by Gasteiger charge is 2.06. The third-order valence-corrected chi connectivity index (χ3v) is 3.82. The standard InChI is InChI=1S/C18H26N2O/c1-4-20-15(2)13-17(16(20)3)14-19-11-8-12-21-18-9-6-5-7-10-18/h5-7,9-10,13,19H,4,8,11-12,14H2,1-3H3. The van der Waals surface area contributed by atoms with Gasteiger partial charge in [0.2, 0.25) is 0 Å². The monoisotopic (exact) mass is 286 g/mol. The van der Waals surface area contributed by atoms with Crippen molar-refractivity contribution in [1.29, 1.82) is 0 Å². The van der Waals surface area contributed by atoms with Gasteiger partial charge in [0.05, 0.1) is 6.61 Å². The molecule has 0 amide bonds. The van der Waals surface area contributed by atoms with Crippen molar-refractivity contribution < 1.29 is 4.74 Å². The van der Waals surface area contributed by atoms with Crippen LogP contribution >= 0.6 is 0 Å². The van der Waals surface area contributed by atoms with Crippen molar-refractivity contribution in [2.75, 3.05) is 13.2 Å². The molecule has 0 unspecified atom stereocenters. The summed E-state index contributed by atoms with van der Waals surface area (Å²) < 4.78 is 8.04. The first kappa shape index (κ1) is 15.6. The SMILES string of the molecule is CCn1c(C)cc(CNCCCOc2ccccc2)c1C. The maximum Gasteiger partial charge on any atom is 0.119 e. The van der Waals surface area contributed by atoms with Crippen LogP contribution in [-0.2, 0) is 13.1 Å². The fourth-order valence-corrected chi connectivity index (χ4v) is 2.66. The highest BCUT2D eigenvalue weighted by atomic mass is 16.5. The summed E-state index contributed by atoms with van der Waals surface area (Å²) in [5, 5.41) is 3.50. The number of benzene rings is 1. The average molecular weight is 286 g/mol. The summed E-state index contributed by atoms with van der Waals surface area (Å²) in [4.78, 5) is 0. The lowest BCUT2D eigenvalue weighted by Gasteiger charge is -2.08. The Morgan fingerprint density at radius 2 is 1.90 bits per heavy atom. The predicted molar refractivity (Wildman–Crippen MR) is 87.8 cm³/mol. The Morgan fingerprint density at radius 1 is 1.14 bits per heavy atom. The van der Waals surface area contributed by atoms with Crippen molar-refractivity contribution in [1.82, 2.24) is 9.88 Å². The average Bonchev–Trinajstić information content (AvgIpc) is 2.77. The zero-order valence-electron chi connectivity index (χ0n) is 13.4. The van der Waals surface area contributed by atoms with Crippen LogP contribution in [0.2, 0.25) is 0 Å². The molecule has 1 aromatic heterocycles. The van der Waals surface area contributed by atoms with Crippen LogP contribution in [0.3, 0.4) is 0 Å². The molecule has 0 aliphatic carbocycles. The van der Waals surface area contributed by atoms with Crippen molar-refractivity contribution in [3.8, 4) is 5.75 Å². The van der Waals surface area contributed by atoms with E-state index in [-0.39, 0.29) is 0 Å². The molecular weight excluding hydrogens is 260 g/mol. The van der Waals surface area contributed by atoms with E-state index in [9.17, 15) is 0 Å². The van der Waals surface area contributed by atoms with Crippen LogP contribution in [0.15, 0.2) is 36.4 Å². The molecule has 0 saturated carbocycles. The molecular formula is C18H26N2O. The molecule has 1 aromatic carbocycles. The van der Waals surface area contributed by atoms with E-state index in [1.807, 2.05) is 30.3 Å². The fraction of sp³-hybridized carbons (Fsp3) is 0.444. The van der Waals surface area contributed by atoms with E-state index in [2.05, 4.69) is 36.7 Å². The van der Waals surface area contributed by atoms with Crippen LogP contribution in [0.4, 0.5) is 0 Å². The minimum absolute atomic E-state index is 0.755. The van der Waals surface area contributed by atoms with Crippen molar-refractivity contribution in [3.63, 3.8) is 0 Å². The lowest BCUT2D eigenvalue weighted by atomic mass is 10.2. The third-order valence-electron chi connectivity index (χ3n) is 3.82. The summed E-state index contributed by atoms with van der Waals surface area (Å²) >= 11 is 0. The molecule has 0 bridgehead atoms. The Balaban J connectivity index is 1.66. The summed E-state index contributed by atoms with van der Waals surface area (Å²) in [5.41, 5.74) is 4.13. The van der Waals surface area contributed by atoms with Crippen molar-refractivity contribution >= 4 is 0 Å². The van der Waals surface area contributed by atoms with Gasteiger partial charge in [-0.2, -0.15) is 0 Å². The minimum atomic E-state index is 0.755. The molecule has 0 radical (unpaired) electrons. The number of hydrogen-bond donors (Lipinski definition) is 1. The van der Waals surface area contributed by atoms with E-state index < -0.39 is 0 Å². The van der Waals surface area contributed by atoms with Gasteiger partial charge in [-0.1, -0.05) is 18.2 Å². The molecule has 0 fully saturated rings. The predicted octanol–water partition coefficient (Wildman–Crippen LogP) is 3.68. The van der Waals surface area contributed by atoms with Gasteiger partial charge in [-0.05, 0) is 57.5 Å². The zero-order valence-corrected chi connectivity index (χ0v) is 13.4. The third kappa shape index (κ3) is 4.36. The van der Waals surface area contributed by atoms with Crippen molar-refractivity contribution in [2.24, 2.45) is 0 Å². The molecule has 1 N–H and O–H groups in total.